The smallest absolute Gasteiger partial charge is 0.356 e. The minimum atomic E-state index is -1.07. The fourth-order valence-electron chi connectivity index (χ4n) is 1.70. The molecule has 0 unspecified atom stereocenters. The predicted molar refractivity (Wildman–Crippen MR) is 62.1 cm³/mol. The van der Waals surface area contributed by atoms with Gasteiger partial charge in [0, 0.05) is 31.1 Å². The first-order chi connectivity index (χ1) is 8.63. The van der Waals surface area contributed by atoms with E-state index >= 15 is 0 Å². The summed E-state index contributed by atoms with van der Waals surface area (Å²) in [4.78, 5) is 15.2. The second-order valence-corrected chi connectivity index (χ2v) is 3.85. The van der Waals surface area contributed by atoms with Crippen molar-refractivity contribution in [3.05, 3.63) is 36.4 Å². The van der Waals surface area contributed by atoms with Crippen LogP contribution in [0, 0.1) is 0 Å². The summed E-state index contributed by atoms with van der Waals surface area (Å²) in [6, 6.07) is 3.20. The van der Waals surface area contributed by atoms with Crippen LogP contribution in [0.4, 0.5) is 0 Å². The number of hydrogen-bond donors (Lipinski definition) is 1. The number of carbonyl (C=O) groups is 1. The summed E-state index contributed by atoms with van der Waals surface area (Å²) in [6.45, 7) is 0. The lowest BCUT2D eigenvalue weighted by molar-refractivity contribution is 0.0690. The highest BCUT2D eigenvalue weighted by Crippen LogP contribution is 2.16. The molecule has 0 saturated heterocycles. The lowest BCUT2D eigenvalue weighted by atomic mass is 10.2. The van der Waals surface area contributed by atoms with E-state index in [0.29, 0.717) is 5.65 Å². The van der Waals surface area contributed by atoms with E-state index in [1.165, 1.54) is 10.6 Å². The third kappa shape index (κ3) is 1.61. The lowest BCUT2D eigenvalue weighted by Gasteiger charge is -1.96. The molecule has 3 rings (SSSR count). The van der Waals surface area contributed by atoms with Gasteiger partial charge in [0.2, 0.25) is 0 Å². The molecule has 0 saturated carbocycles. The summed E-state index contributed by atoms with van der Waals surface area (Å²) in [5.74, 6) is -1.07. The zero-order chi connectivity index (χ0) is 12.7. The fourth-order valence-corrected chi connectivity index (χ4v) is 1.70. The van der Waals surface area contributed by atoms with Crippen molar-refractivity contribution in [2.75, 3.05) is 0 Å². The van der Waals surface area contributed by atoms with Crippen LogP contribution in [-0.2, 0) is 7.05 Å². The van der Waals surface area contributed by atoms with Gasteiger partial charge in [0.1, 0.15) is 0 Å². The average Bonchev–Trinajstić information content (AvgIpc) is 2.93. The monoisotopic (exact) mass is 243 g/mol. The van der Waals surface area contributed by atoms with Crippen LogP contribution in [-0.4, -0.2) is 35.5 Å². The van der Waals surface area contributed by atoms with Gasteiger partial charge >= 0.3 is 5.97 Å². The molecule has 3 heterocycles. The zero-order valence-corrected chi connectivity index (χ0v) is 9.48. The number of nitrogens with zero attached hydrogens (tertiary/aromatic N) is 5. The maximum Gasteiger partial charge on any atom is 0.356 e. The van der Waals surface area contributed by atoms with E-state index in [2.05, 4.69) is 15.2 Å². The minimum absolute atomic E-state index is 0.0224. The van der Waals surface area contributed by atoms with Crippen molar-refractivity contribution in [3.8, 4) is 11.3 Å². The highest BCUT2D eigenvalue weighted by atomic mass is 16.4. The molecule has 0 radical (unpaired) electrons. The molecule has 7 nitrogen and oxygen atoms in total. The van der Waals surface area contributed by atoms with Gasteiger partial charge in [-0.15, -0.1) is 0 Å². The Balaban J connectivity index is 2.13. The van der Waals surface area contributed by atoms with Crippen LogP contribution < -0.4 is 0 Å². The molecule has 3 aromatic heterocycles. The van der Waals surface area contributed by atoms with E-state index in [4.69, 9.17) is 5.11 Å². The first-order valence-corrected chi connectivity index (χ1v) is 5.22. The number of fused-ring (bicyclic) bond motifs is 1. The van der Waals surface area contributed by atoms with Crippen LogP contribution in [0.1, 0.15) is 10.5 Å². The molecule has 90 valence electrons. The zero-order valence-electron chi connectivity index (χ0n) is 9.48. The van der Waals surface area contributed by atoms with E-state index in [1.807, 2.05) is 13.2 Å². The molecule has 1 N–H and O–H groups in total. The molecule has 0 fully saturated rings. The Kier molecular flexibility index (Phi) is 2.12. The molecule has 3 aromatic rings. The molecular formula is C11H9N5O2. The van der Waals surface area contributed by atoms with Gasteiger partial charge in [0.25, 0.3) is 0 Å². The summed E-state index contributed by atoms with van der Waals surface area (Å²) >= 11 is 0. The van der Waals surface area contributed by atoms with E-state index in [9.17, 15) is 4.79 Å². The van der Waals surface area contributed by atoms with Crippen molar-refractivity contribution in [3.63, 3.8) is 0 Å². The Bertz CT molecular complexity index is 743. The van der Waals surface area contributed by atoms with Crippen LogP contribution in [0.3, 0.4) is 0 Å². The van der Waals surface area contributed by atoms with E-state index < -0.39 is 5.97 Å². The van der Waals surface area contributed by atoms with Crippen LogP contribution in [0.5, 0.6) is 0 Å². The topological polar surface area (TPSA) is 85.3 Å². The average molecular weight is 243 g/mol. The third-order valence-electron chi connectivity index (χ3n) is 2.54. The van der Waals surface area contributed by atoms with Crippen LogP contribution in [0.2, 0.25) is 0 Å². The summed E-state index contributed by atoms with van der Waals surface area (Å²) < 4.78 is 3.11. The van der Waals surface area contributed by atoms with Gasteiger partial charge in [0.05, 0.1) is 11.9 Å². The van der Waals surface area contributed by atoms with Gasteiger partial charge in [0.15, 0.2) is 11.3 Å². The largest absolute Gasteiger partial charge is 0.476 e. The van der Waals surface area contributed by atoms with Gasteiger partial charge in [-0.3, -0.25) is 4.68 Å². The molecule has 18 heavy (non-hydrogen) atoms. The molecule has 0 atom stereocenters. The summed E-state index contributed by atoms with van der Waals surface area (Å²) in [5.41, 5.74) is 2.07. The molecule has 7 heteroatoms. The molecule has 0 bridgehead atoms. The van der Waals surface area contributed by atoms with Gasteiger partial charge in [-0.25, -0.2) is 14.3 Å². The number of carboxylic acid groups (broad SMARTS) is 1. The van der Waals surface area contributed by atoms with Crippen LogP contribution >= 0.6 is 0 Å². The lowest BCUT2D eigenvalue weighted by Crippen LogP contribution is -1.97. The Labute approximate surface area is 101 Å². The molecule has 0 aliphatic rings. The fraction of sp³-hybridized carbons (Fsp3) is 0.0909. The Morgan fingerprint density at radius 1 is 1.44 bits per heavy atom. The van der Waals surface area contributed by atoms with Crippen molar-refractivity contribution in [1.82, 2.24) is 24.4 Å². The highest BCUT2D eigenvalue weighted by Gasteiger charge is 2.10. The van der Waals surface area contributed by atoms with Crippen molar-refractivity contribution < 1.29 is 9.90 Å². The quantitative estimate of drug-likeness (QED) is 0.720. The van der Waals surface area contributed by atoms with Crippen molar-refractivity contribution in [2.45, 2.75) is 0 Å². The minimum Gasteiger partial charge on any atom is -0.476 e. The van der Waals surface area contributed by atoms with Gasteiger partial charge in [-0.05, 0) is 6.07 Å². The van der Waals surface area contributed by atoms with Crippen molar-refractivity contribution in [1.29, 1.82) is 0 Å². The number of hydrogen-bond acceptors (Lipinski definition) is 4. The van der Waals surface area contributed by atoms with Crippen LogP contribution in [0.15, 0.2) is 30.7 Å². The van der Waals surface area contributed by atoms with Gasteiger partial charge < -0.3 is 5.11 Å². The van der Waals surface area contributed by atoms with Crippen LogP contribution in [0.25, 0.3) is 16.9 Å². The Morgan fingerprint density at radius 2 is 2.28 bits per heavy atom. The first-order valence-electron chi connectivity index (χ1n) is 5.22. The maximum atomic E-state index is 10.8. The normalized spacial score (nSPS) is 10.9. The summed E-state index contributed by atoms with van der Waals surface area (Å²) in [7, 11) is 1.82. The third-order valence-corrected chi connectivity index (χ3v) is 2.54. The van der Waals surface area contributed by atoms with E-state index in [1.54, 1.807) is 23.1 Å². The Morgan fingerprint density at radius 3 is 2.94 bits per heavy atom. The number of aromatic carboxylic acids is 1. The molecule has 0 aliphatic heterocycles. The van der Waals surface area contributed by atoms with Gasteiger partial charge in [-0.1, -0.05) is 0 Å². The molecule has 0 spiro atoms. The standard InChI is InChI=1S/C11H9N5O2/c1-15-6-7(5-12-15)8-2-3-16-10(13-8)4-9(14-16)11(17)18/h2-6H,1H3,(H,17,18). The maximum absolute atomic E-state index is 10.8. The molecule has 0 amide bonds. The second-order valence-electron chi connectivity index (χ2n) is 3.85. The first kappa shape index (κ1) is 10.5. The number of rotatable bonds is 2. The van der Waals surface area contributed by atoms with E-state index in [0.717, 1.165) is 11.3 Å². The number of carboxylic acids is 1. The molecular weight excluding hydrogens is 234 g/mol. The SMILES string of the molecule is Cn1cc(-c2ccn3nc(C(=O)O)cc3n2)cn1. The Hall–Kier alpha value is -2.70. The van der Waals surface area contributed by atoms with Gasteiger partial charge in [-0.2, -0.15) is 10.2 Å². The predicted octanol–water partition coefficient (Wildman–Crippen LogP) is 0.828. The van der Waals surface area contributed by atoms with Crippen molar-refractivity contribution in [2.24, 2.45) is 7.05 Å². The van der Waals surface area contributed by atoms with Crippen molar-refractivity contribution >= 4 is 11.6 Å². The molecule has 0 aliphatic carbocycles. The van der Waals surface area contributed by atoms with E-state index in [-0.39, 0.29) is 5.69 Å². The summed E-state index contributed by atoms with van der Waals surface area (Å²) in [6.07, 6.45) is 5.22. The highest BCUT2D eigenvalue weighted by molar-refractivity contribution is 5.86. The summed E-state index contributed by atoms with van der Waals surface area (Å²) in [5, 5.41) is 16.8. The number of aromatic nitrogens is 5. The second kappa shape index (κ2) is 3.66. The number of aryl methyl sites for hydroxylation is 1. The molecule has 0 aromatic carbocycles.